The van der Waals surface area contributed by atoms with E-state index in [0.29, 0.717) is 6.54 Å². The van der Waals surface area contributed by atoms with Crippen LogP contribution in [-0.2, 0) is 13.5 Å². The maximum absolute atomic E-state index is 5.89. The molecule has 0 saturated carbocycles. The molecule has 0 saturated heterocycles. The van der Waals surface area contributed by atoms with Crippen LogP contribution in [0.3, 0.4) is 0 Å². The maximum atomic E-state index is 5.89. The minimum Gasteiger partial charge on any atom is -0.496 e. The second kappa shape index (κ2) is 5.79. The number of hydrogen-bond acceptors (Lipinski definition) is 5. The van der Waals surface area contributed by atoms with Gasteiger partial charge in [0.1, 0.15) is 5.75 Å². The van der Waals surface area contributed by atoms with E-state index in [1.54, 1.807) is 11.8 Å². The molecule has 1 heterocycles. The number of methoxy groups -OCH3 is 1. The lowest BCUT2D eigenvalue weighted by molar-refractivity contribution is 0.410. The van der Waals surface area contributed by atoms with Crippen molar-refractivity contribution in [3.63, 3.8) is 0 Å². The molecule has 2 aromatic rings. The normalized spacial score (nSPS) is 12.4. The van der Waals surface area contributed by atoms with Crippen molar-refractivity contribution in [1.29, 1.82) is 0 Å². The van der Waals surface area contributed by atoms with Gasteiger partial charge in [-0.2, -0.15) is 0 Å². The van der Waals surface area contributed by atoms with Crippen LogP contribution in [0.2, 0.25) is 0 Å². The minimum atomic E-state index is -0.00351. The van der Waals surface area contributed by atoms with E-state index in [0.717, 1.165) is 29.1 Å². The van der Waals surface area contributed by atoms with Crippen LogP contribution in [-0.4, -0.2) is 33.9 Å². The first-order valence-corrected chi connectivity index (χ1v) is 6.30. The van der Waals surface area contributed by atoms with Crippen molar-refractivity contribution >= 4 is 0 Å². The Hall–Kier alpha value is -1.95. The summed E-state index contributed by atoms with van der Waals surface area (Å²) in [5, 5.41) is 11.6. The molecule has 0 aliphatic heterocycles. The molecule has 0 fully saturated rings. The Bertz CT molecular complexity index is 552. The number of nitrogens with two attached hydrogens (primary N) is 1. The number of nitrogens with zero attached hydrogens (tertiary/aromatic N) is 4. The Kier molecular flexibility index (Phi) is 4.11. The molecule has 1 atom stereocenters. The number of benzene rings is 1. The number of rotatable bonds is 5. The number of tetrazole rings is 1. The Morgan fingerprint density at radius 3 is 2.74 bits per heavy atom. The summed E-state index contributed by atoms with van der Waals surface area (Å²) in [4.78, 5) is 0. The van der Waals surface area contributed by atoms with Gasteiger partial charge in [-0.25, -0.2) is 4.68 Å². The molecule has 1 aromatic heterocycles. The van der Waals surface area contributed by atoms with Gasteiger partial charge in [-0.1, -0.05) is 19.1 Å². The summed E-state index contributed by atoms with van der Waals surface area (Å²) in [5.74, 6) is 1.67. The van der Waals surface area contributed by atoms with Crippen molar-refractivity contribution in [2.75, 3.05) is 13.7 Å². The van der Waals surface area contributed by atoms with Gasteiger partial charge >= 0.3 is 0 Å². The van der Waals surface area contributed by atoms with E-state index in [9.17, 15) is 0 Å². The average molecular weight is 261 g/mol. The zero-order valence-corrected chi connectivity index (χ0v) is 11.5. The van der Waals surface area contributed by atoms with Crippen molar-refractivity contribution in [3.05, 3.63) is 35.2 Å². The molecule has 2 N–H and O–H groups in total. The highest BCUT2D eigenvalue weighted by molar-refractivity contribution is 5.40. The Morgan fingerprint density at radius 2 is 2.21 bits per heavy atom. The fourth-order valence-corrected chi connectivity index (χ4v) is 2.21. The molecular formula is C13H19N5O. The van der Waals surface area contributed by atoms with E-state index in [-0.39, 0.29) is 5.92 Å². The van der Waals surface area contributed by atoms with Crippen LogP contribution >= 0.6 is 0 Å². The topological polar surface area (TPSA) is 78.9 Å². The second-order valence-electron chi connectivity index (χ2n) is 4.37. The second-order valence-corrected chi connectivity index (χ2v) is 4.37. The third-order valence-corrected chi connectivity index (χ3v) is 3.29. The van der Waals surface area contributed by atoms with Crippen LogP contribution < -0.4 is 10.5 Å². The first-order valence-electron chi connectivity index (χ1n) is 6.30. The fourth-order valence-electron chi connectivity index (χ4n) is 2.21. The quantitative estimate of drug-likeness (QED) is 0.864. The molecule has 1 aromatic carbocycles. The number of hydrogen-bond donors (Lipinski definition) is 1. The summed E-state index contributed by atoms with van der Waals surface area (Å²) in [7, 11) is 3.50. The lowest BCUT2D eigenvalue weighted by atomic mass is 9.95. The summed E-state index contributed by atoms with van der Waals surface area (Å²) in [6.45, 7) is 2.56. The highest BCUT2D eigenvalue weighted by Gasteiger charge is 2.19. The smallest absolute Gasteiger partial charge is 0.159 e. The molecule has 0 amide bonds. The lowest BCUT2D eigenvalue weighted by Gasteiger charge is -2.16. The standard InChI is InChI=1S/C13H19N5O/c1-4-9-7-10(5-6-12(9)19-3)11(8-14)13-15-16-17-18(13)2/h5-7,11H,4,8,14H2,1-3H3. The molecule has 19 heavy (non-hydrogen) atoms. The zero-order valence-electron chi connectivity index (χ0n) is 11.5. The number of aromatic nitrogens is 4. The van der Waals surface area contributed by atoms with Gasteiger partial charge in [0.05, 0.1) is 13.0 Å². The third kappa shape index (κ3) is 2.58. The predicted molar refractivity (Wildman–Crippen MR) is 72.1 cm³/mol. The van der Waals surface area contributed by atoms with E-state index in [1.807, 2.05) is 19.2 Å². The van der Waals surface area contributed by atoms with Crippen LogP contribution in [0, 0.1) is 0 Å². The van der Waals surface area contributed by atoms with Crippen molar-refractivity contribution in [2.45, 2.75) is 19.3 Å². The monoisotopic (exact) mass is 261 g/mol. The molecule has 0 aliphatic rings. The van der Waals surface area contributed by atoms with Crippen LogP contribution in [0.5, 0.6) is 5.75 Å². The first kappa shape index (κ1) is 13.5. The molecule has 6 nitrogen and oxygen atoms in total. The Labute approximate surface area is 112 Å². The van der Waals surface area contributed by atoms with Gasteiger partial charge in [0.25, 0.3) is 0 Å². The van der Waals surface area contributed by atoms with Crippen LogP contribution in [0.4, 0.5) is 0 Å². The zero-order chi connectivity index (χ0) is 13.8. The van der Waals surface area contributed by atoms with Crippen LogP contribution in [0.15, 0.2) is 18.2 Å². The minimum absolute atomic E-state index is 0.00351. The summed E-state index contributed by atoms with van der Waals surface area (Å²) >= 11 is 0. The SMILES string of the molecule is CCc1cc(C(CN)c2nnnn2C)ccc1OC. The maximum Gasteiger partial charge on any atom is 0.159 e. The number of aryl methyl sites for hydroxylation is 2. The van der Waals surface area contributed by atoms with Gasteiger partial charge in [-0.15, -0.1) is 5.10 Å². The Morgan fingerprint density at radius 1 is 1.42 bits per heavy atom. The van der Waals surface area contributed by atoms with E-state index in [4.69, 9.17) is 10.5 Å². The summed E-state index contributed by atoms with van der Waals surface area (Å²) in [6.07, 6.45) is 0.908. The molecule has 1 unspecified atom stereocenters. The first-order chi connectivity index (χ1) is 9.21. The lowest BCUT2D eigenvalue weighted by Crippen LogP contribution is -2.18. The van der Waals surface area contributed by atoms with Crippen LogP contribution in [0.1, 0.15) is 29.8 Å². The van der Waals surface area contributed by atoms with E-state index < -0.39 is 0 Å². The molecule has 2 rings (SSSR count). The van der Waals surface area contributed by atoms with Crippen molar-refractivity contribution in [3.8, 4) is 5.75 Å². The molecule has 102 valence electrons. The van der Waals surface area contributed by atoms with Crippen molar-refractivity contribution in [1.82, 2.24) is 20.2 Å². The number of ether oxygens (including phenoxy) is 1. The van der Waals surface area contributed by atoms with Gasteiger partial charge in [-0.3, -0.25) is 0 Å². The van der Waals surface area contributed by atoms with Gasteiger partial charge in [0.15, 0.2) is 5.82 Å². The van der Waals surface area contributed by atoms with Crippen molar-refractivity contribution < 1.29 is 4.74 Å². The molecule has 0 spiro atoms. The van der Waals surface area contributed by atoms with Gasteiger partial charge < -0.3 is 10.5 Å². The van der Waals surface area contributed by atoms with Crippen molar-refractivity contribution in [2.24, 2.45) is 12.8 Å². The van der Waals surface area contributed by atoms with Gasteiger partial charge in [0, 0.05) is 13.6 Å². The molecule has 0 aliphatic carbocycles. The highest BCUT2D eigenvalue weighted by Crippen LogP contribution is 2.27. The average Bonchev–Trinajstić information content (AvgIpc) is 2.86. The van der Waals surface area contributed by atoms with Crippen LogP contribution in [0.25, 0.3) is 0 Å². The van der Waals surface area contributed by atoms with E-state index in [1.165, 1.54) is 0 Å². The highest BCUT2D eigenvalue weighted by atomic mass is 16.5. The largest absolute Gasteiger partial charge is 0.496 e. The van der Waals surface area contributed by atoms with E-state index >= 15 is 0 Å². The molecule has 6 heteroatoms. The third-order valence-electron chi connectivity index (χ3n) is 3.29. The summed E-state index contributed by atoms with van der Waals surface area (Å²) in [6, 6.07) is 6.11. The predicted octanol–water partition coefficient (Wildman–Crippen LogP) is 0.872. The van der Waals surface area contributed by atoms with E-state index in [2.05, 4.69) is 28.5 Å². The summed E-state index contributed by atoms with van der Waals surface area (Å²) < 4.78 is 7.00. The van der Waals surface area contributed by atoms with Gasteiger partial charge in [-0.05, 0) is 34.0 Å². The fraction of sp³-hybridized carbons (Fsp3) is 0.462. The Balaban J connectivity index is 2.42. The molecular weight excluding hydrogens is 242 g/mol. The van der Waals surface area contributed by atoms with Gasteiger partial charge in [0.2, 0.25) is 0 Å². The summed E-state index contributed by atoms with van der Waals surface area (Å²) in [5.41, 5.74) is 8.16. The molecule has 0 bridgehead atoms. The molecule has 0 radical (unpaired) electrons.